The first-order valence-corrected chi connectivity index (χ1v) is 8.10. The molecule has 5 aliphatic carbocycles. The number of rotatable bonds is 2. The standard InChI is InChI=1S/C15H24N2S/c1-17(14(18)16-13-2-3-13)15-7-10-4-11(8-15)6-12(5-10)9-15/h10-13H,2-9H2,1H3,(H,16,18). The van der Waals surface area contributed by atoms with Crippen LogP contribution in [0, 0.1) is 17.8 Å². The summed E-state index contributed by atoms with van der Waals surface area (Å²) in [6.07, 6.45) is 11.4. The summed E-state index contributed by atoms with van der Waals surface area (Å²) in [5.74, 6) is 3.01. The van der Waals surface area contributed by atoms with Crippen molar-refractivity contribution < 1.29 is 0 Å². The van der Waals surface area contributed by atoms with Crippen molar-refractivity contribution in [3.8, 4) is 0 Å². The van der Waals surface area contributed by atoms with Crippen molar-refractivity contribution in [2.75, 3.05) is 7.05 Å². The van der Waals surface area contributed by atoms with E-state index >= 15 is 0 Å². The van der Waals surface area contributed by atoms with Gasteiger partial charge in [-0.3, -0.25) is 0 Å². The van der Waals surface area contributed by atoms with Gasteiger partial charge < -0.3 is 10.2 Å². The largest absolute Gasteiger partial charge is 0.360 e. The highest BCUT2D eigenvalue weighted by Crippen LogP contribution is 2.57. The molecule has 0 aliphatic heterocycles. The summed E-state index contributed by atoms with van der Waals surface area (Å²) in [5, 5.41) is 4.56. The van der Waals surface area contributed by atoms with Crippen LogP contribution in [-0.2, 0) is 0 Å². The van der Waals surface area contributed by atoms with Crippen LogP contribution in [0.5, 0.6) is 0 Å². The van der Waals surface area contributed by atoms with Gasteiger partial charge in [0.15, 0.2) is 5.11 Å². The van der Waals surface area contributed by atoms with Crippen LogP contribution in [0.2, 0.25) is 0 Å². The van der Waals surface area contributed by atoms with Crippen LogP contribution in [0.25, 0.3) is 0 Å². The third kappa shape index (κ3) is 1.77. The number of nitrogens with one attached hydrogen (secondary N) is 1. The summed E-state index contributed by atoms with van der Waals surface area (Å²) >= 11 is 5.64. The molecule has 0 aromatic heterocycles. The summed E-state index contributed by atoms with van der Waals surface area (Å²) < 4.78 is 0. The highest BCUT2D eigenvalue weighted by Gasteiger charge is 2.53. The average Bonchev–Trinajstić information content (AvgIpc) is 3.10. The van der Waals surface area contributed by atoms with E-state index in [1.54, 1.807) is 0 Å². The Labute approximate surface area is 115 Å². The summed E-state index contributed by atoms with van der Waals surface area (Å²) in [7, 11) is 2.25. The lowest BCUT2D eigenvalue weighted by atomic mass is 9.52. The van der Waals surface area contributed by atoms with Crippen LogP contribution in [0.4, 0.5) is 0 Å². The van der Waals surface area contributed by atoms with Gasteiger partial charge in [-0.2, -0.15) is 0 Å². The summed E-state index contributed by atoms with van der Waals surface area (Å²) in [4.78, 5) is 2.46. The zero-order valence-corrected chi connectivity index (χ0v) is 12.1. The molecule has 0 heterocycles. The first kappa shape index (κ1) is 11.5. The molecule has 5 fully saturated rings. The Hall–Kier alpha value is -0.310. The number of hydrogen-bond donors (Lipinski definition) is 1. The van der Waals surface area contributed by atoms with Gasteiger partial charge in [-0.15, -0.1) is 0 Å². The Morgan fingerprint density at radius 2 is 1.56 bits per heavy atom. The number of nitrogens with zero attached hydrogens (tertiary/aromatic N) is 1. The molecule has 100 valence electrons. The number of hydrogen-bond acceptors (Lipinski definition) is 1. The van der Waals surface area contributed by atoms with Crippen molar-refractivity contribution in [2.45, 2.75) is 62.9 Å². The third-order valence-electron chi connectivity index (χ3n) is 5.93. The normalized spacial score (nSPS) is 45.1. The predicted octanol–water partition coefficient (Wildman–Crippen LogP) is 2.92. The molecule has 0 aromatic carbocycles. The summed E-state index contributed by atoms with van der Waals surface area (Å²) in [6, 6.07) is 0.689. The molecule has 0 aromatic rings. The lowest BCUT2D eigenvalue weighted by molar-refractivity contribution is -0.0548. The maximum Gasteiger partial charge on any atom is 0.169 e. The van der Waals surface area contributed by atoms with Gasteiger partial charge in [0.1, 0.15) is 0 Å². The van der Waals surface area contributed by atoms with Crippen LogP contribution in [-0.4, -0.2) is 28.6 Å². The smallest absolute Gasteiger partial charge is 0.169 e. The molecule has 18 heavy (non-hydrogen) atoms. The lowest BCUT2D eigenvalue weighted by Crippen LogP contribution is -2.61. The first-order chi connectivity index (χ1) is 8.64. The monoisotopic (exact) mass is 264 g/mol. The van der Waals surface area contributed by atoms with Gasteiger partial charge in [-0.05, 0) is 81.3 Å². The molecular weight excluding hydrogens is 240 g/mol. The van der Waals surface area contributed by atoms with E-state index in [2.05, 4.69) is 17.3 Å². The van der Waals surface area contributed by atoms with E-state index in [4.69, 9.17) is 12.2 Å². The maximum absolute atomic E-state index is 5.64. The van der Waals surface area contributed by atoms with Crippen molar-refractivity contribution >= 4 is 17.3 Å². The average molecular weight is 264 g/mol. The molecule has 0 spiro atoms. The van der Waals surface area contributed by atoms with Crippen LogP contribution in [0.15, 0.2) is 0 Å². The van der Waals surface area contributed by atoms with Crippen molar-refractivity contribution in [2.24, 2.45) is 17.8 Å². The van der Waals surface area contributed by atoms with E-state index in [0.29, 0.717) is 11.6 Å². The van der Waals surface area contributed by atoms with Gasteiger partial charge in [0.05, 0.1) is 0 Å². The Balaban J connectivity index is 1.53. The molecule has 0 saturated heterocycles. The van der Waals surface area contributed by atoms with Crippen LogP contribution in [0.3, 0.4) is 0 Å². The van der Waals surface area contributed by atoms with Crippen molar-refractivity contribution in [1.82, 2.24) is 10.2 Å². The fourth-order valence-corrected chi connectivity index (χ4v) is 5.55. The molecule has 5 aliphatic rings. The molecule has 0 amide bonds. The van der Waals surface area contributed by atoms with Crippen molar-refractivity contribution in [3.05, 3.63) is 0 Å². The van der Waals surface area contributed by atoms with Gasteiger partial charge in [0.25, 0.3) is 0 Å². The van der Waals surface area contributed by atoms with Gasteiger partial charge in [0, 0.05) is 18.6 Å². The predicted molar refractivity (Wildman–Crippen MR) is 77.4 cm³/mol. The molecule has 5 saturated carbocycles. The summed E-state index contributed by atoms with van der Waals surface area (Å²) in [5.41, 5.74) is 0.424. The van der Waals surface area contributed by atoms with Gasteiger partial charge in [0.2, 0.25) is 0 Å². The minimum atomic E-state index is 0.424. The topological polar surface area (TPSA) is 15.3 Å². The van der Waals surface area contributed by atoms with Crippen LogP contribution < -0.4 is 5.32 Å². The molecule has 0 unspecified atom stereocenters. The van der Waals surface area contributed by atoms with E-state index in [0.717, 1.165) is 22.9 Å². The Morgan fingerprint density at radius 1 is 1.06 bits per heavy atom. The van der Waals surface area contributed by atoms with Crippen LogP contribution in [0.1, 0.15) is 51.4 Å². The Morgan fingerprint density at radius 3 is 2.00 bits per heavy atom. The minimum Gasteiger partial charge on any atom is -0.360 e. The van der Waals surface area contributed by atoms with Crippen molar-refractivity contribution in [1.29, 1.82) is 0 Å². The molecule has 0 radical (unpaired) electrons. The molecule has 1 N–H and O–H groups in total. The molecular formula is C15H24N2S. The zero-order valence-electron chi connectivity index (χ0n) is 11.3. The van der Waals surface area contributed by atoms with Crippen LogP contribution >= 0.6 is 12.2 Å². The lowest BCUT2D eigenvalue weighted by Gasteiger charge is -2.60. The Kier molecular flexibility index (Phi) is 2.46. The van der Waals surface area contributed by atoms with E-state index in [-0.39, 0.29) is 0 Å². The first-order valence-electron chi connectivity index (χ1n) is 7.69. The molecule has 0 atom stereocenters. The maximum atomic E-state index is 5.64. The van der Waals surface area contributed by atoms with Gasteiger partial charge in [-0.1, -0.05) is 0 Å². The molecule has 4 bridgehead atoms. The highest BCUT2D eigenvalue weighted by molar-refractivity contribution is 7.80. The summed E-state index contributed by atoms with van der Waals surface area (Å²) in [6.45, 7) is 0. The van der Waals surface area contributed by atoms with E-state index < -0.39 is 0 Å². The second-order valence-corrected chi connectivity index (χ2v) is 7.81. The fraction of sp³-hybridized carbons (Fsp3) is 0.933. The molecule has 3 heteroatoms. The SMILES string of the molecule is CN(C(=S)NC1CC1)C12CC3CC(CC(C3)C1)C2. The highest BCUT2D eigenvalue weighted by atomic mass is 32.1. The van der Waals surface area contributed by atoms with E-state index in [1.165, 1.54) is 51.4 Å². The zero-order chi connectivity index (χ0) is 12.3. The fourth-order valence-electron chi connectivity index (χ4n) is 5.19. The van der Waals surface area contributed by atoms with Gasteiger partial charge >= 0.3 is 0 Å². The molecule has 5 rings (SSSR count). The molecule has 2 nitrogen and oxygen atoms in total. The Bertz CT molecular complexity index is 339. The van der Waals surface area contributed by atoms with Crippen molar-refractivity contribution in [3.63, 3.8) is 0 Å². The second-order valence-electron chi connectivity index (χ2n) is 7.42. The second kappa shape index (κ2) is 3.84. The minimum absolute atomic E-state index is 0.424. The quantitative estimate of drug-likeness (QED) is 0.772. The number of thiocarbonyl (C=S) groups is 1. The van der Waals surface area contributed by atoms with E-state index in [1.807, 2.05) is 0 Å². The van der Waals surface area contributed by atoms with Gasteiger partial charge in [-0.25, -0.2) is 0 Å². The van der Waals surface area contributed by atoms with E-state index in [9.17, 15) is 0 Å². The third-order valence-corrected chi connectivity index (χ3v) is 6.32.